The molecule has 2 rings (SSSR count). The Morgan fingerprint density at radius 1 is 1.54 bits per heavy atom. The molecular weight excluding hydrogens is 166 g/mol. The van der Waals surface area contributed by atoms with E-state index < -0.39 is 5.91 Å². The smallest absolute Gasteiger partial charge is 0.250 e. The van der Waals surface area contributed by atoms with Gasteiger partial charge in [0.15, 0.2) is 0 Å². The van der Waals surface area contributed by atoms with Crippen molar-refractivity contribution in [3.63, 3.8) is 0 Å². The van der Waals surface area contributed by atoms with Crippen LogP contribution in [0.5, 0.6) is 0 Å². The molecule has 0 aromatic carbocycles. The molecular formula is C9H9N3O. The molecule has 2 aromatic rings. The maximum atomic E-state index is 11.0. The molecule has 0 atom stereocenters. The summed E-state index contributed by atoms with van der Waals surface area (Å²) in [5.74, 6) is -0.418. The molecule has 0 aliphatic rings. The standard InChI is InChI=1S/C9H9N3O/c1-6-2-4-11-12-5-3-7(8(6)12)9(10)13/h2-5H,1H3,(H2,10,13). The van der Waals surface area contributed by atoms with E-state index in [1.165, 1.54) is 0 Å². The second kappa shape index (κ2) is 2.58. The Hall–Kier alpha value is -1.84. The highest BCUT2D eigenvalue weighted by Gasteiger charge is 2.09. The molecule has 0 unspecified atom stereocenters. The van der Waals surface area contributed by atoms with Gasteiger partial charge >= 0.3 is 0 Å². The van der Waals surface area contributed by atoms with Crippen LogP contribution in [-0.4, -0.2) is 15.5 Å². The number of carbonyl (C=O) groups is 1. The zero-order valence-corrected chi connectivity index (χ0v) is 7.19. The second-order valence-corrected chi connectivity index (χ2v) is 2.90. The van der Waals surface area contributed by atoms with E-state index in [0.717, 1.165) is 11.1 Å². The molecule has 2 aromatic heterocycles. The minimum atomic E-state index is -0.418. The van der Waals surface area contributed by atoms with Crippen molar-refractivity contribution in [3.05, 3.63) is 35.7 Å². The molecule has 66 valence electrons. The van der Waals surface area contributed by atoms with Crippen LogP contribution in [0.2, 0.25) is 0 Å². The lowest BCUT2D eigenvalue weighted by Crippen LogP contribution is -2.11. The van der Waals surface area contributed by atoms with Crippen molar-refractivity contribution in [2.24, 2.45) is 5.73 Å². The van der Waals surface area contributed by atoms with E-state index in [1.807, 2.05) is 13.0 Å². The van der Waals surface area contributed by atoms with Gasteiger partial charge in [-0.25, -0.2) is 4.52 Å². The van der Waals surface area contributed by atoms with Crippen LogP contribution < -0.4 is 5.73 Å². The Bertz CT molecular complexity index is 473. The largest absolute Gasteiger partial charge is 0.366 e. The number of carbonyl (C=O) groups excluding carboxylic acids is 1. The topological polar surface area (TPSA) is 60.4 Å². The van der Waals surface area contributed by atoms with Crippen LogP contribution in [0.15, 0.2) is 24.5 Å². The SMILES string of the molecule is Cc1ccnn2ccc(C(N)=O)c12. The van der Waals surface area contributed by atoms with E-state index in [2.05, 4.69) is 5.10 Å². The molecule has 0 saturated heterocycles. The molecule has 4 nitrogen and oxygen atoms in total. The van der Waals surface area contributed by atoms with Crippen molar-refractivity contribution in [1.29, 1.82) is 0 Å². The van der Waals surface area contributed by atoms with Crippen molar-refractivity contribution in [2.45, 2.75) is 6.92 Å². The minimum absolute atomic E-state index is 0.418. The van der Waals surface area contributed by atoms with Crippen molar-refractivity contribution in [2.75, 3.05) is 0 Å². The third-order valence-electron chi connectivity index (χ3n) is 2.02. The summed E-state index contributed by atoms with van der Waals surface area (Å²) in [6, 6.07) is 3.53. The quantitative estimate of drug-likeness (QED) is 0.694. The predicted octanol–water partition coefficient (Wildman–Crippen LogP) is 0.742. The molecule has 4 heteroatoms. The number of nitrogens with zero attached hydrogens (tertiary/aromatic N) is 2. The lowest BCUT2D eigenvalue weighted by Gasteiger charge is -1.98. The van der Waals surface area contributed by atoms with Crippen LogP contribution in [0.4, 0.5) is 0 Å². The first-order chi connectivity index (χ1) is 6.20. The minimum Gasteiger partial charge on any atom is -0.366 e. The van der Waals surface area contributed by atoms with Gasteiger partial charge in [0.05, 0.1) is 11.1 Å². The molecule has 2 heterocycles. The van der Waals surface area contributed by atoms with Crippen molar-refractivity contribution in [3.8, 4) is 0 Å². The normalized spacial score (nSPS) is 10.5. The molecule has 0 aliphatic carbocycles. The van der Waals surface area contributed by atoms with Gasteiger partial charge in [-0.1, -0.05) is 0 Å². The van der Waals surface area contributed by atoms with Gasteiger partial charge in [-0.05, 0) is 24.6 Å². The Balaban J connectivity index is 2.86. The molecule has 2 N–H and O–H groups in total. The fourth-order valence-electron chi connectivity index (χ4n) is 1.41. The maximum absolute atomic E-state index is 11.0. The van der Waals surface area contributed by atoms with Gasteiger partial charge in [-0.15, -0.1) is 0 Å². The van der Waals surface area contributed by atoms with Gasteiger partial charge in [0, 0.05) is 12.4 Å². The summed E-state index contributed by atoms with van der Waals surface area (Å²) in [5, 5.41) is 4.05. The Labute approximate surface area is 75.0 Å². The van der Waals surface area contributed by atoms with Crippen molar-refractivity contribution < 1.29 is 4.79 Å². The molecule has 0 aliphatic heterocycles. The zero-order chi connectivity index (χ0) is 9.42. The summed E-state index contributed by atoms with van der Waals surface area (Å²) in [5.41, 5.74) is 7.51. The third-order valence-corrected chi connectivity index (χ3v) is 2.02. The van der Waals surface area contributed by atoms with Gasteiger partial charge in [-0.2, -0.15) is 5.10 Å². The first-order valence-corrected chi connectivity index (χ1v) is 3.93. The summed E-state index contributed by atoms with van der Waals surface area (Å²) < 4.78 is 1.65. The van der Waals surface area contributed by atoms with Crippen molar-refractivity contribution >= 4 is 11.4 Å². The predicted molar refractivity (Wildman–Crippen MR) is 48.4 cm³/mol. The monoisotopic (exact) mass is 175 g/mol. The molecule has 13 heavy (non-hydrogen) atoms. The fourth-order valence-corrected chi connectivity index (χ4v) is 1.41. The average Bonchev–Trinajstić information content (AvgIpc) is 2.49. The molecule has 0 saturated carbocycles. The number of hydrogen-bond donors (Lipinski definition) is 1. The summed E-state index contributed by atoms with van der Waals surface area (Å²) in [7, 11) is 0. The van der Waals surface area contributed by atoms with Gasteiger partial charge in [0.1, 0.15) is 0 Å². The Kier molecular flexibility index (Phi) is 1.55. The van der Waals surface area contributed by atoms with Crippen LogP contribution in [0.25, 0.3) is 5.52 Å². The molecule has 0 bridgehead atoms. The van der Waals surface area contributed by atoms with E-state index in [0.29, 0.717) is 5.56 Å². The maximum Gasteiger partial charge on any atom is 0.250 e. The molecule has 0 spiro atoms. The van der Waals surface area contributed by atoms with Crippen LogP contribution in [0.3, 0.4) is 0 Å². The number of primary amides is 1. The number of rotatable bonds is 1. The highest BCUT2D eigenvalue weighted by atomic mass is 16.1. The summed E-state index contributed by atoms with van der Waals surface area (Å²) in [6.45, 7) is 1.92. The van der Waals surface area contributed by atoms with Gasteiger partial charge in [0.25, 0.3) is 5.91 Å². The summed E-state index contributed by atoms with van der Waals surface area (Å²) in [6.07, 6.45) is 3.41. The zero-order valence-electron chi connectivity index (χ0n) is 7.19. The first-order valence-electron chi connectivity index (χ1n) is 3.93. The highest BCUT2D eigenvalue weighted by Crippen LogP contribution is 2.14. The third kappa shape index (κ3) is 1.07. The van der Waals surface area contributed by atoms with Gasteiger partial charge < -0.3 is 5.73 Å². The summed E-state index contributed by atoms with van der Waals surface area (Å²) in [4.78, 5) is 11.0. The lowest BCUT2D eigenvalue weighted by atomic mass is 10.2. The number of fused-ring (bicyclic) bond motifs is 1. The number of aromatic nitrogens is 2. The second-order valence-electron chi connectivity index (χ2n) is 2.90. The number of nitrogens with two attached hydrogens (primary N) is 1. The van der Waals surface area contributed by atoms with Crippen LogP contribution >= 0.6 is 0 Å². The number of amides is 1. The van der Waals surface area contributed by atoms with Gasteiger partial charge in [-0.3, -0.25) is 4.79 Å². The Morgan fingerprint density at radius 3 is 3.00 bits per heavy atom. The average molecular weight is 175 g/mol. The van der Waals surface area contributed by atoms with Crippen molar-refractivity contribution in [1.82, 2.24) is 9.61 Å². The highest BCUT2D eigenvalue weighted by molar-refractivity contribution is 6.00. The van der Waals surface area contributed by atoms with Crippen LogP contribution in [-0.2, 0) is 0 Å². The lowest BCUT2D eigenvalue weighted by molar-refractivity contribution is 0.100. The number of aryl methyl sites for hydroxylation is 1. The van der Waals surface area contributed by atoms with E-state index >= 15 is 0 Å². The van der Waals surface area contributed by atoms with Crippen LogP contribution in [0.1, 0.15) is 15.9 Å². The molecule has 1 amide bonds. The van der Waals surface area contributed by atoms with E-state index in [9.17, 15) is 4.79 Å². The van der Waals surface area contributed by atoms with Gasteiger partial charge in [0.2, 0.25) is 0 Å². The Morgan fingerprint density at radius 2 is 2.31 bits per heavy atom. The van der Waals surface area contributed by atoms with E-state index in [4.69, 9.17) is 5.73 Å². The molecule has 0 fully saturated rings. The van der Waals surface area contributed by atoms with Crippen LogP contribution in [0, 0.1) is 6.92 Å². The van der Waals surface area contributed by atoms with E-state index in [-0.39, 0.29) is 0 Å². The fraction of sp³-hybridized carbons (Fsp3) is 0.111. The summed E-state index contributed by atoms with van der Waals surface area (Å²) >= 11 is 0. The van der Waals surface area contributed by atoms with E-state index in [1.54, 1.807) is 23.0 Å². The molecule has 0 radical (unpaired) electrons. The first kappa shape index (κ1) is 7.79. The number of hydrogen-bond acceptors (Lipinski definition) is 2.